The van der Waals surface area contributed by atoms with E-state index in [4.69, 9.17) is 4.74 Å². The Bertz CT molecular complexity index is 326. The fourth-order valence-electron chi connectivity index (χ4n) is 1.99. The van der Waals surface area contributed by atoms with E-state index in [1.54, 1.807) is 20.8 Å². The minimum Gasteiger partial charge on any atom is -0.480 e. The number of aliphatic hydroxyl groups excluding tert-OH is 1. The molecule has 1 amide bonds. The third-order valence-electron chi connectivity index (χ3n) is 2.96. The van der Waals surface area contributed by atoms with Crippen LogP contribution in [0.5, 0.6) is 0 Å². The summed E-state index contributed by atoms with van der Waals surface area (Å²) >= 11 is 0. The summed E-state index contributed by atoms with van der Waals surface area (Å²) in [5.41, 5.74) is -1.99. The first-order valence-electron chi connectivity index (χ1n) is 6.07. The van der Waals surface area contributed by atoms with Gasteiger partial charge in [-0.05, 0) is 46.5 Å². The summed E-state index contributed by atoms with van der Waals surface area (Å²) in [5, 5.41) is 21.1. The molecule has 0 spiro atoms. The molecule has 0 unspecified atom stereocenters. The summed E-state index contributed by atoms with van der Waals surface area (Å²) in [6.07, 6.45) is -0.0745. The highest BCUT2D eigenvalue weighted by molar-refractivity contribution is 5.84. The summed E-state index contributed by atoms with van der Waals surface area (Å²) in [7, 11) is 0. The van der Waals surface area contributed by atoms with Crippen molar-refractivity contribution in [3.63, 3.8) is 0 Å². The zero-order valence-electron chi connectivity index (χ0n) is 11.0. The number of carboxylic acids is 1. The first-order chi connectivity index (χ1) is 8.15. The van der Waals surface area contributed by atoms with Crippen LogP contribution in [0.3, 0.4) is 0 Å². The Morgan fingerprint density at radius 3 is 2.17 bits per heavy atom. The second-order valence-electron chi connectivity index (χ2n) is 5.75. The van der Waals surface area contributed by atoms with Crippen molar-refractivity contribution >= 4 is 12.1 Å². The molecule has 3 N–H and O–H groups in total. The van der Waals surface area contributed by atoms with Gasteiger partial charge in [0.2, 0.25) is 0 Å². The predicted molar refractivity (Wildman–Crippen MR) is 64.2 cm³/mol. The van der Waals surface area contributed by atoms with Crippen LogP contribution in [0.1, 0.15) is 46.5 Å². The number of carbonyl (C=O) groups is 2. The molecule has 18 heavy (non-hydrogen) atoms. The van der Waals surface area contributed by atoms with Crippen molar-refractivity contribution < 1.29 is 24.5 Å². The van der Waals surface area contributed by atoms with E-state index >= 15 is 0 Å². The van der Waals surface area contributed by atoms with Crippen molar-refractivity contribution in [2.75, 3.05) is 0 Å². The zero-order chi connectivity index (χ0) is 14.0. The van der Waals surface area contributed by atoms with Gasteiger partial charge in [-0.1, -0.05) is 0 Å². The van der Waals surface area contributed by atoms with Crippen molar-refractivity contribution in [1.29, 1.82) is 0 Å². The number of hydrogen-bond donors (Lipinski definition) is 3. The Kier molecular flexibility index (Phi) is 4.21. The molecule has 1 fully saturated rings. The summed E-state index contributed by atoms with van der Waals surface area (Å²) in [6, 6.07) is 0. The molecule has 1 saturated carbocycles. The van der Waals surface area contributed by atoms with Gasteiger partial charge in [0.05, 0.1) is 6.10 Å². The minimum atomic E-state index is -1.32. The number of nitrogens with one attached hydrogen (secondary N) is 1. The lowest BCUT2D eigenvalue weighted by Gasteiger charge is -2.36. The first-order valence-corrected chi connectivity index (χ1v) is 6.07. The summed E-state index contributed by atoms with van der Waals surface area (Å²) < 4.78 is 5.07. The smallest absolute Gasteiger partial charge is 0.408 e. The molecule has 6 heteroatoms. The van der Waals surface area contributed by atoms with Gasteiger partial charge >= 0.3 is 12.1 Å². The number of hydrogen-bond acceptors (Lipinski definition) is 4. The third-order valence-corrected chi connectivity index (χ3v) is 2.96. The van der Waals surface area contributed by atoms with Gasteiger partial charge in [0.25, 0.3) is 0 Å². The summed E-state index contributed by atoms with van der Waals surface area (Å²) in [4.78, 5) is 23.0. The number of carbonyl (C=O) groups excluding carboxylic acids is 1. The van der Waals surface area contributed by atoms with Crippen LogP contribution in [-0.2, 0) is 9.53 Å². The Labute approximate surface area is 106 Å². The van der Waals surface area contributed by atoms with E-state index in [0.29, 0.717) is 12.8 Å². The van der Waals surface area contributed by atoms with Crippen LogP contribution in [0.15, 0.2) is 0 Å². The lowest BCUT2D eigenvalue weighted by atomic mass is 9.80. The van der Waals surface area contributed by atoms with Gasteiger partial charge < -0.3 is 20.3 Å². The topological polar surface area (TPSA) is 95.9 Å². The van der Waals surface area contributed by atoms with Crippen LogP contribution >= 0.6 is 0 Å². The highest BCUT2D eigenvalue weighted by Crippen LogP contribution is 2.29. The van der Waals surface area contributed by atoms with Crippen LogP contribution in [-0.4, -0.2) is 39.5 Å². The fraction of sp³-hybridized carbons (Fsp3) is 0.833. The molecule has 0 atom stereocenters. The lowest BCUT2D eigenvalue weighted by molar-refractivity contribution is -0.147. The summed E-state index contributed by atoms with van der Waals surface area (Å²) in [5.74, 6) is -1.08. The van der Waals surface area contributed by atoms with Crippen molar-refractivity contribution in [3.05, 3.63) is 0 Å². The van der Waals surface area contributed by atoms with E-state index in [-0.39, 0.29) is 12.8 Å². The van der Waals surface area contributed by atoms with Gasteiger partial charge in [-0.25, -0.2) is 9.59 Å². The molecule has 1 aliphatic carbocycles. The number of aliphatic carboxylic acids is 1. The second-order valence-corrected chi connectivity index (χ2v) is 5.75. The number of carboxylic acid groups (broad SMARTS) is 1. The molecule has 0 saturated heterocycles. The molecule has 0 aliphatic heterocycles. The van der Waals surface area contributed by atoms with E-state index in [9.17, 15) is 19.8 Å². The molecular formula is C12H21NO5. The van der Waals surface area contributed by atoms with E-state index in [2.05, 4.69) is 5.32 Å². The van der Waals surface area contributed by atoms with E-state index < -0.39 is 29.3 Å². The van der Waals surface area contributed by atoms with Gasteiger partial charge in [-0.2, -0.15) is 0 Å². The van der Waals surface area contributed by atoms with Crippen LogP contribution in [0.25, 0.3) is 0 Å². The molecule has 6 nitrogen and oxygen atoms in total. The second kappa shape index (κ2) is 5.14. The molecule has 1 rings (SSSR count). The normalized spacial score (nSPS) is 28.6. The lowest BCUT2D eigenvalue weighted by Crippen LogP contribution is -2.57. The van der Waals surface area contributed by atoms with Crippen molar-refractivity contribution in [1.82, 2.24) is 5.32 Å². The molecule has 0 heterocycles. The van der Waals surface area contributed by atoms with Crippen LogP contribution in [0, 0.1) is 0 Å². The predicted octanol–water partition coefficient (Wildman–Crippen LogP) is 1.27. The third kappa shape index (κ3) is 3.87. The number of aliphatic hydroxyl groups is 1. The van der Waals surface area contributed by atoms with Gasteiger partial charge in [0.15, 0.2) is 0 Å². The van der Waals surface area contributed by atoms with Crippen LogP contribution < -0.4 is 5.32 Å². The maximum absolute atomic E-state index is 11.7. The van der Waals surface area contributed by atoms with Crippen LogP contribution in [0.2, 0.25) is 0 Å². The minimum absolute atomic E-state index is 0.211. The molecule has 0 bridgehead atoms. The average molecular weight is 259 g/mol. The Morgan fingerprint density at radius 1 is 1.28 bits per heavy atom. The van der Waals surface area contributed by atoms with Crippen LogP contribution in [0.4, 0.5) is 4.79 Å². The SMILES string of the molecule is CC(C)(C)OC(=O)NC1(C(=O)O)CCC(O)CC1. The van der Waals surface area contributed by atoms with Gasteiger partial charge in [-0.3, -0.25) is 0 Å². The number of rotatable bonds is 2. The molecular weight excluding hydrogens is 238 g/mol. The fourth-order valence-corrected chi connectivity index (χ4v) is 1.99. The Hall–Kier alpha value is -1.30. The highest BCUT2D eigenvalue weighted by atomic mass is 16.6. The summed E-state index contributed by atoms with van der Waals surface area (Å²) in [6.45, 7) is 5.14. The van der Waals surface area contributed by atoms with E-state index in [1.165, 1.54) is 0 Å². The first kappa shape index (κ1) is 14.8. The van der Waals surface area contributed by atoms with Gasteiger partial charge in [0, 0.05) is 0 Å². The molecule has 104 valence electrons. The number of ether oxygens (including phenoxy) is 1. The largest absolute Gasteiger partial charge is 0.480 e. The number of amides is 1. The molecule has 1 aliphatic rings. The van der Waals surface area contributed by atoms with E-state index in [1.807, 2.05) is 0 Å². The molecule has 0 aromatic heterocycles. The molecule has 0 aromatic rings. The zero-order valence-corrected chi connectivity index (χ0v) is 11.0. The Balaban J connectivity index is 2.70. The number of alkyl carbamates (subject to hydrolysis) is 1. The quantitative estimate of drug-likeness (QED) is 0.694. The van der Waals surface area contributed by atoms with Crippen molar-refractivity contribution in [2.24, 2.45) is 0 Å². The Morgan fingerprint density at radius 2 is 1.78 bits per heavy atom. The highest BCUT2D eigenvalue weighted by Gasteiger charge is 2.43. The molecule has 0 aromatic carbocycles. The molecule has 0 radical (unpaired) electrons. The standard InChI is InChI=1S/C12H21NO5/c1-11(2,3)18-10(17)13-12(9(15)16)6-4-8(14)5-7-12/h8,14H,4-7H2,1-3H3,(H,13,17)(H,15,16). The van der Waals surface area contributed by atoms with Crippen molar-refractivity contribution in [3.8, 4) is 0 Å². The van der Waals surface area contributed by atoms with Crippen molar-refractivity contribution in [2.45, 2.75) is 63.7 Å². The van der Waals surface area contributed by atoms with Gasteiger partial charge in [-0.15, -0.1) is 0 Å². The van der Waals surface area contributed by atoms with Gasteiger partial charge in [0.1, 0.15) is 11.1 Å². The average Bonchev–Trinajstić information content (AvgIpc) is 2.18. The van der Waals surface area contributed by atoms with E-state index in [0.717, 1.165) is 0 Å². The maximum atomic E-state index is 11.7. The monoisotopic (exact) mass is 259 g/mol. The maximum Gasteiger partial charge on any atom is 0.408 e.